The Bertz CT molecular complexity index is 517. The van der Waals surface area contributed by atoms with Gasteiger partial charge in [0.05, 0.1) is 6.61 Å². The number of nitrogens with one attached hydrogen (secondary N) is 1. The van der Waals surface area contributed by atoms with Crippen LogP contribution in [0.15, 0.2) is 23.4 Å². The Morgan fingerprint density at radius 1 is 1.43 bits per heavy atom. The Kier molecular flexibility index (Phi) is 7.24. The molecule has 0 spiro atoms. The van der Waals surface area contributed by atoms with Gasteiger partial charge < -0.3 is 10.1 Å². The molecule has 0 fully saturated rings. The summed E-state index contributed by atoms with van der Waals surface area (Å²) in [4.78, 5) is 4.10. The first-order valence-electron chi connectivity index (χ1n) is 7.07. The zero-order chi connectivity index (χ0) is 15.9. The topological polar surface area (TPSA) is 71.5 Å². The first kappa shape index (κ1) is 18.0. The molecule has 1 atom stereocenters. The van der Waals surface area contributed by atoms with E-state index in [-0.39, 0.29) is 11.1 Å². The van der Waals surface area contributed by atoms with E-state index in [1.807, 2.05) is 20.9 Å². The second-order valence-corrected chi connectivity index (χ2v) is 6.74. The maximum absolute atomic E-state index is 12.7. The quantitative estimate of drug-likeness (QED) is 0.742. The number of pyridine rings is 1. The minimum Gasteiger partial charge on any atom is -0.383 e. The highest BCUT2D eigenvalue weighted by molar-refractivity contribution is 7.89. The summed E-state index contributed by atoms with van der Waals surface area (Å²) in [5.74, 6) is 0. The summed E-state index contributed by atoms with van der Waals surface area (Å²) in [6, 6.07) is 3.25. The van der Waals surface area contributed by atoms with E-state index in [0.717, 1.165) is 12.0 Å². The lowest BCUT2D eigenvalue weighted by molar-refractivity contribution is 0.167. The van der Waals surface area contributed by atoms with Gasteiger partial charge in [-0.2, -0.15) is 4.31 Å². The summed E-state index contributed by atoms with van der Waals surface area (Å²) in [7, 11) is -0.199. The molecule has 0 bridgehead atoms. The first-order valence-corrected chi connectivity index (χ1v) is 8.51. The van der Waals surface area contributed by atoms with Gasteiger partial charge in [-0.3, -0.25) is 0 Å². The van der Waals surface area contributed by atoms with Crippen molar-refractivity contribution in [3.63, 3.8) is 0 Å². The molecule has 1 unspecified atom stereocenters. The van der Waals surface area contributed by atoms with Crippen molar-refractivity contribution >= 4 is 10.0 Å². The number of sulfonamides is 1. The monoisotopic (exact) mass is 315 g/mol. The molecule has 0 radical (unpaired) electrons. The van der Waals surface area contributed by atoms with Gasteiger partial charge in [-0.15, -0.1) is 0 Å². The summed E-state index contributed by atoms with van der Waals surface area (Å²) >= 11 is 0. The third kappa shape index (κ3) is 4.74. The number of aromatic nitrogens is 1. The Labute approximate surface area is 127 Å². The van der Waals surface area contributed by atoms with E-state index in [1.54, 1.807) is 25.4 Å². The highest BCUT2D eigenvalue weighted by Crippen LogP contribution is 2.18. The van der Waals surface area contributed by atoms with Gasteiger partial charge in [0, 0.05) is 32.4 Å². The maximum atomic E-state index is 12.7. The van der Waals surface area contributed by atoms with Gasteiger partial charge in [-0.1, -0.05) is 13.0 Å². The van der Waals surface area contributed by atoms with Crippen molar-refractivity contribution in [3.8, 4) is 0 Å². The molecule has 7 heteroatoms. The van der Waals surface area contributed by atoms with Gasteiger partial charge in [0.25, 0.3) is 10.0 Å². The zero-order valence-corrected chi connectivity index (χ0v) is 14.0. The predicted molar refractivity (Wildman–Crippen MR) is 82.5 cm³/mol. The average molecular weight is 315 g/mol. The van der Waals surface area contributed by atoms with Crippen LogP contribution in [0.4, 0.5) is 0 Å². The van der Waals surface area contributed by atoms with Crippen molar-refractivity contribution in [1.82, 2.24) is 14.6 Å². The lowest BCUT2D eigenvalue weighted by atomic mass is 10.3. The molecule has 0 aromatic carbocycles. The Morgan fingerprint density at radius 3 is 2.62 bits per heavy atom. The van der Waals surface area contributed by atoms with Gasteiger partial charge in [0.1, 0.15) is 0 Å². The van der Waals surface area contributed by atoms with E-state index in [2.05, 4.69) is 10.3 Å². The van der Waals surface area contributed by atoms with Gasteiger partial charge in [-0.25, -0.2) is 13.4 Å². The molecule has 1 rings (SSSR count). The van der Waals surface area contributed by atoms with E-state index in [1.165, 1.54) is 4.31 Å². The van der Waals surface area contributed by atoms with Crippen LogP contribution in [0.2, 0.25) is 0 Å². The standard InChI is InChI=1S/C14H25N3O3S/c1-5-12(2)17(8-9-20-4)21(18,19)14-7-6-13(10-15-3)11-16-14/h6-7,11-12,15H,5,8-10H2,1-4H3. The minimum absolute atomic E-state index is 0.0822. The van der Waals surface area contributed by atoms with E-state index in [0.29, 0.717) is 19.7 Å². The fraction of sp³-hybridized carbons (Fsp3) is 0.643. The van der Waals surface area contributed by atoms with Crippen LogP contribution >= 0.6 is 0 Å². The molecule has 0 amide bonds. The summed E-state index contributed by atoms with van der Waals surface area (Å²) in [6.07, 6.45) is 2.33. The van der Waals surface area contributed by atoms with Crippen molar-refractivity contribution < 1.29 is 13.2 Å². The highest BCUT2D eigenvalue weighted by Gasteiger charge is 2.29. The fourth-order valence-corrected chi connectivity index (χ4v) is 3.56. The number of methoxy groups -OCH3 is 1. The number of ether oxygens (including phenoxy) is 1. The molecule has 6 nitrogen and oxygen atoms in total. The van der Waals surface area contributed by atoms with E-state index < -0.39 is 10.0 Å². The third-order valence-corrected chi connectivity index (χ3v) is 5.28. The normalized spacial score (nSPS) is 13.6. The molecule has 1 aromatic rings. The van der Waals surface area contributed by atoms with Crippen LogP contribution in [0.3, 0.4) is 0 Å². The second-order valence-electron chi connectivity index (χ2n) is 4.90. The predicted octanol–water partition coefficient (Wildman–Crippen LogP) is 1.24. The maximum Gasteiger partial charge on any atom is 0.260 e. The second kappa shape index (κ2) is 8.43. The number of nitrogens with zero attached hydrogens (tertiary/aromatic N) is 2. The van der Waals surface area contributed by atoms with Crippen molar-refractivity contribution in [1.29, 1.82) is 0 Å². The Hall–Kier alpha value is -1.02. The molecule has 1 N–H and O–H groups in total. The SMILES string of the molecule is CCC(C)N(CCOC)S(=O)(=O)c1ccc(CNC)cn1. The fourth-order valence-electron chi connectivity index (χ4n) is 1.95. The van der Waals surface area contributed by atoms with Gasteiger partial charge >= 0.3 is 0 Å². The zero-order valence-electron chi connectivity index (χ0n) is 13.2. The van der Waals surface area contributed by atoms with Crippen LogP contribution in [0.1, 0.15) is 25.8 Å². The number of hydrogen-bond donors (Lipinski definition) is 1. The molecule has 120 valence electrons. The third-order valence-electron chi connectivity index (χ3n) is 3.35. The molecular formula is C14H25N3O3S. The lowest BCUT2D eigenvalue weighted by Gasteiger charge is -2.27. The van der Waals surface area contributed by atoms with Crippen molar-refractivity contribution in [2.45, 2.75) is 37.9 Å². The van der Waals surface area contributed by atoms with Crippen molar-refractivity contribution in [3.05, 3.63) is 23.9 Å². The molecule has 1 aromatic heterocycles. The van der Waals surface area contributed by atoms with Gasteiger partial charge in [0.2, 0.25) is 0 Å². The molecule has 0 aliphatic heterocycles. The van der Waals surface area contributed by atoms with Gasteiger partial charge in [0.15, 0.2) is 5.03 Å². The number of rotatable bonds is 9. The molecule has 21 heavy (non-hydrogen) atoms. The summed E-state index contributed by atoms with van der Waals surface area (Å²) in [5, 5.41) is 3.09. The average Bonchev–Trinajstić information content (AvgIpc) is 2.48. The molecular weight excluding hydrogens is 290 g/mol. The Balaban J connectivity index is 3.03. The van der Waals surface area contributed by atoms with E-state index in [4.69, 9.17) is 4.74 Å². The Morgan fingerprint density at radius 2 is 2.14 bits per heavy atom. The van der Waals surface area contributed by atoms with E-state index in [9.17, 15) is 8.42 Å². The molecule has 0 saturated heterocycles. The summed E-state index contributed by atoms with van der Waals surface area (Å²) in [6.45, 7) is 5.20. The van der Waals surface area contributed by atoms with Crippen LogP contribution in [-0.2, 0) is 21.3 Å². The molecule has 1 heterocycles. The lowest BCUT2D eigenvalue weighted by Crippen LogP contribution is -2.40. The molecule has 0 aliphatic rings. The van der Waals surface area contributed by atoms with E-state index >= 15 is 0 Å². The highest BCUT2D eigenvalue weighted by atomic mass is 32.2. The van der Waals surface area contributed by atoms with Crippen LogP contribution in [0.5, 0.6) is 0 Å². The largest absolute Gasteiger partial charge is 0.383 e. The van der Waals surface area contributed by atoms with Crippen LogP contribution in [0.25, 0.3) is 0 Å². The van der Waals surface area contributed by atoms with Crippen molar-refractivity contribution in [2.75, 3.05) is 27.3 Å². The van der Waals surface area contributed by atoms with Crippen molar-refractivity contribution in [2.24, 2.45) is 0 Å². The van der Waals surface area contributed by atoms with Crippen LogP contribution in [-0.4, -0.2) is 51.1 Å². The van der Waals surface area contributed by atoms with Crippen LogP contribution in [0, 0.1) is 0 Å². The minimum atomic E-state index is -3.59. The summed E-state index contributed by atoms with van der Waals surface area (Å²) < 4.78 is 31.9. The van der Waals surface area contributed by atoms with Gasteiger partial charge in [-0.05, 0) is 32.0 Å². The smallest absolute Gasteiger partial charge is 0.260 e. The van der Waals surface area contributed by atoms with Crippen LogP contribution < -0.4 is 5.32 Å². The summed E-state index contributed by atoms with van der Waals surface area (Å²) in [5.41, 5.74) is 0.948. The molecule has 0 saturated carbocycles. The molecule has 0 aliphatic carbocycles. The first-order chi connectivity index (χ1) is 9.97. The number of hydrogen-bond acceptors (Lipinski definition) is 5.